The van der Waals surface area contributed by atoms with E-state index in [0.29, 0.717) is 29.4 Å². The van der Waals surface area contributed by atoms with Crippen molar-refractivity contribution in [1.29, 1.82) is 0 Å². The van der Waals surface area contributed by atoms with Gasteiger partial charge in [0.2, 0.25) is 0 Å². The first-order valence-electron chi connectivity index (χ1n) is 10.8. The molecular formula is C26H20N6O. The molecule has 1 aliphatic heterocycles. The average Bonchev–Trinajstić information content (AvgIpc) is 3.59. The van der Waals surface area contributed by atoms with Gasteiger partial charge in [-0.2, -0.15) is 0 Å². The first-order valence-corrected chi connectivity index (χ1v) is 10.8. The first kappa shape index (κ1) is 19.3. The SMILES string of the molecule is O=C(Nc1cccc(-c2nncn2C2=CC2)n1)c1cccc(C2C=c3ccccc3=NC2)c1. The normalized spacial score (nSPS) is 16.1. The van der Waals surface area contributed by atoms with Gasteiger partial charge >= 0.3 is 0 Å². The number of fused-ring (bicyclic) bond motifs is 1. The van der Waals surface area contributed by atoms with Crippen LogP contribution in [0.3, 0.4) is 0 Å². The molecule has 1 unspecified atom stereocenters. The Morgan fingerprint density at radius 1 is 1.03 bits per heavy atom. The van der Waals surface area contributed by atoms with Crippen LogP contribution >= 0.6 is 0 Å². The minimum atomic E-state index is -0.207. The Bertz CT molecular complexity index is 1530. The molecule has 0 fully saturated rings. The van der Waals surface area contributed by atoms with Crippen LogP contribution in [0.1, 0.15) is 28.3 Å². The lowest BCUT2D eigenvalue weighted by molar-refractivity contribution is 0.102. The van der Waals surface area contributed by atoms with Crippen LogP contribution in [-0.4, -0.2) is 32.2 Å². The number of hydrogen-bond acceptors (Lipinski definition) is 5. The highest BCUT2D eigenvalue weighted by Crippen LogP contribution is 2.29. The number of hydrogen-bond donors (Lipinski definition) is 1. The summed E-state index contributed by atoms with van der Waals surface area (Å²) < 4.78 is 1.92. The summed E-state index contributed by atoms with van der Waals surface area (Å²) in [6, 6.07) is 21.3. The van der Waals surface area contributed by atoms with E-state index in [0.717, 1.165) is 28.3 Å². The molecule has 33 heavy (non-hydrogen) atoms. The Morgan fingerprint density at radius 3 is 2.82 bits per heavy atom. The van der Waals surface area contributed by atoms with E-state index in [1.165, 1.54) is 0 Å². The third-order valence-electron chi connectivity index (χ3n) is 5.82. The quantitative estimate of drug-likeness (QED) is 0.525. The Kier molecular flexibility index (Phi) is 4.65. The minimum absolute atomic E-state index is 0.136. The summed E-state index contributed by atoms with van der Waals surface area (Å²) >= 11 is 0. The number of allylic oxidation sites excluding steroid dienone is 2. The predicted octanol–water partition coefficient (Wildman–Crippen LogP) is 3.03. The predicted molar refractivity (Wildman–Crippen MR) is 126 cm³/mol. The fourth-order valence-electron chi connectivity index (χ4n) is 4.03. The Hall–Kier alpha value is -4.39. The number of para-hydroxylation sites is 1. The molecule has 7 nitrogen and oxygen atoms in total. The van der Waals surface area contributed by atoms with Gasteiger partial charge in [-0.05, 0) is 41.1 Å². The number of pyridine rings is 1. The van der Waals surface area contributed by atoms with E-state index < -0.39 is 0 Å². The van der Waals surface area contributed by atoms with Crippen LogP contribution in [0.15, 0.2) is 84.1 Å². The van der Waals surface area contributed by atoms with Gasteiger partial charge in [-0.3, -0.25) is 14.4 Å². The van der Waals surface area contributed by atoms with Crippen LogP contribution in [0.2, 0.25) is 0 Å². The maximum Gasteiger partial charge on any atom is 0.256 e. The Labute approximate surface area is 189 Å². The number of carbonyl (C=O) groups is 1. The van der Waals surface area contributed by atoms with Crippen LogP contribution in [0.25, 0.3) is 23.3 Å². The summed E-state index contributed by atoms with van der Waals surface area (Å²) in [6.07, 6.45) is 6.92. The monoisotopic (exact) mass is 432 g/mol. The van der Waals surface area contributed by atoms with E-state index >= 15 is 0 Å². The third-order valence-corrected chi connectivity index (χ3v) is 5.82. The highest BCUT2D eigenvalue weighted by atomic mass is 16.1. The van der Waals surface area contributed by atoms with Crippen LogP contribution < -0.4 is 15.9 Å². The van der Waals surface area contributed by atoms with Gasteiger partial charge in [0, 0.05) is 23.6 Å². The van der Waals surface area contributed by atoms with Crippen molar-refractivity contribution in [2.45, 2.75) is 12.3 Å². The number of aromatic nitrogens is 4. The van der Waals surface area contributed by atoms with E-state index in [2.05, 4.69) is 38.7 Å². The van der Waals surface area contributed by atoms with Crippen LogP contribution in [0.4, 0.5) is 5.82 Å². The van der Waals surface area contributed by atoms with E-state index in [1.807, 2.05) is 59.2 Å². The van der Waals surface area contributed by atoms with Gasteiger partial charge in [-0.1, -0.05) is 48.6 Å². The van der Waals surface area contributed by atoms with Gasteiger partial charge in [-0.25, -0.2) is 4.98 Å². The highest BCUT2D eigenvalue weighted by Gasteiger charge is 2.18. The average molecular weight is 432 g/mol. The summed E-state index contributed by atoms with van der Waals surface area (Å²) in [4.78, 5) is 22.3. The summed E-state index contributed by atoms with van der Waals surface area (Å²) in [6.45, 7) is 0.669. The molecule has 7 heteroatoms. The molecule has 0 spiro atoms. The third kappa shape index (κ3) is 3.85. The molecule has 3 heterocycles. The van der Waals surface area contributed by atoms with E-state index in [-0.39, 0.29) is 11.8 Å². The van der Waals surface area contributed by atoms with Crippen molar-refractivity contribution in [1.82, 2.24) is 19.7 Å². The molecule has 4 aromatic rings. The molecule has 2 aromatic carbocycles. The van der Waals surface area contributed by atoms with Gasteiger partial charge in [0.15, 0.2) is 5.82 Å². The van der Waals surface area contributed by atoms with Crippen molar-refractivity contribution in [3.05, 3.63) is 101 Å². The molecule has 2 aliphatic rings. The Balaban J connectivity index is 1.24. The number of anilines is 1. The number of nitrogens with one attached hydrogen (secondary N) is 1. The van der Waals surface area contributed by atoms with Crippen LogP contribution in [-0.2, 0) is 0 Å². The first-order chi connectivity index (χ1) is 16.2. The molecule has 2 aromatic heterocycles. The summed E-state index contributed by atoms with van der Waals surface area (Å²) in [5.41, 5.74) is 3.45. The second kappa shape index (κ2) is 7.94. The maximum absolute atomic E-state index is 13.0. The van der Waals surface area contributed by atoms with E-state index in [1.54, 1.807) is 12.4 Å². The smallest absolute Gasteiger partial charge is 0.256 e. The van der Waals surface area contributed by atoms with Gasteiger partial charge in [-0.15, -0.1) is 10.2 Å². The molecule has 0 saturated heterocycles. The molecule has 1 amide bonds. The fraction of sp³-hybridized carbons (Fsp3) is 0.115. The van der Waals surface area contributed by atoms with Gasteiger partial charge in [0.05, 0.1) is 11.9 Å². The topological polar surface area (TPSA) is 85.1 Å². The molecular weight excluding hydrogens is 412 g/mol. The van der Waals surface area contributed by atoms with Crippen molar-refractivity contribution >= 4 is 23.5 Å². The van der Waals surface area contributed by atoms with Crippen molar-refractivity contribution < 1.29 is 4.79 Å². The zero-order valence-electron chi connectivity index (χ0n) is 17.7. The fourth-order valence-corrected chi connectivity index (χ4v) is 4.03. The van der Waals surface area contributed by atoms with Crippen molar-refractivity contribution in [2.24, 2.45) is 4.99 Å². The minimum Gasteiger partial charge on any atom is -0.307 e. The molecule has 1 aliphatic carbocycles. The second-order valence-corrected chi connectivity index (χ2v) is 8.08. The highest BCUT2D eigenvalue weighted by molar-refractivity contribution is 6.04. The molecule has 160 valence electrons. The lowest BCUT2D eigenvalue weighted by Crippen LogP contribution is -2.30. The molecule has 1 atom stereocenters. The lowest BCUT2D eigenvalue weighted by Gasteiger charge is -2.15. The summed E-state index contributed by atoms with van der Waals surface area (Å²) in [5, 5.41) is 13.2. The van der Waals surface area contributed by atoms with Gasteiger partial charge in [0.25, 0.3) is 5.91 Å². The second-order valence-electron chi connectivity index (χ2n) is 8.08. The van der Waals surface area contributed by atoms with Gasteiger partial charge in [0.1, 0.15) is 17.8 Å². The van der Waals surface area contributed by atoms with Gasteiger partial charge < -0.3 is 5.32 Å². The van der Waals surface area contributed by atoms with Crippen LogP contribution in [0.5, 0.6) is 0 Å². The van der Waals surface area contributed by atoms with E-state index in [9.17, 15) is 4.79 Å². The van der Waals surface area contributed by atoms with Crippen LogP contribution in [0, 0.1) is 0 Å². The standard InChI is InChI=1S/C26H20N6O/c33-26(30-24-10-4-9-23(29-24)25-31-28-16-32(25)21-11-12-21)19-7-3-6-17(13-19)20-14-18-5-1-2-8-22(18)27-15-20/h1-11,13-14,16,20H,12,15H2,(H,29,30,33). The number of carbonyl (C=O) groups excluding carboxylic acids is 1. The largest absolute Gasteiger partial charge is 0.307 e. The van der Waals surface area contributed by atoms with E-state index in [4.69, 9.17) is 4.99 Å². The van der Waals surface area contributed by atoms with Crippen molar-refractivity contribution in [2.75, 3.05) is 11.9 Å². The molecule has 6 rings (SSSR count). The molecule has 0 radical (unpaired) electrons. The Morgan fingerprint density at radius 2 is 1.91 bits per heavy atom. The maximum atomic E-state index is 13.0. The molecule has 0 saturated carbocycles. The zero-order chi connectivity index (χ0) is 22.2. The number of benzene rings is 2. The molecule has 1 N–H and O–H groups in total. The number of rotatable bonds is 5. The lowest BCUT2D eigenvalue weighted by atomic mass is 9.94. The van der Waals surface area contributed by atoms with Crippen molar-refractivity contribution in [3.63, 3.8) is 0 Å². The number of amides is 1. The summed E-state index contributed by atoms with van der Waals surface area (Å²) in [5.74, 6) is 1.06. The zero-order valence-corrected chi connectivity index (χ0v) is 17.7. The summed E-state index contributed by atoms with van der Waals surface area (Å²) in [7, 11) is 0. The molecule has 0 bridgehead atoms. The van der Waals surface area contributed by atoms with Crippen molar-refractivity contribution in [3.8, 4) is 11.5 Å². The number of nitrogens with zero attached hydrogens (tertiary/aromatic N) is 5.